The Balaban J connectivity index is 1.49. The van der Waals surface area contributed by atoms with Crippen LogP contribution >= 0.6 is 11.6 Å². The molecule has 0 fully saturated rings. The molecule has 0 radical (unpaired) electrons. The largest absolute Gasteiger partial charge is 0.356 e. The molecule has 1 aromatic heterocycles. The topological polar surface area (TPSA) is 75.3 Å². The summed E-state index contributed by atoms with van der Waals surface area (Å²) in [6.07, 6.45) is 0.758. The van der Waals surface area contributed by atoms with Gasteiger partial charge >= 0.3 is 0 Å². The maximum Gasteiger partial charge on any atom is 0.246 e. The van der Waals surface area contributed by atoms with Crippen LogP contribution in [0.5, 0.6) is 0 Å². The zero-order valence-electron chi connectivity index (χ0n) is 15.7. The van der Waals surface area contributed by atoms with Crippen molar-refractivity contribution in [1.29, 1.82) is 0 Å². The fraction of sp³-hybridized carbons (Fsp3) is 0.250. The van der Waals surface area contributed by atoms with Crippen molar-refractivity contribution >= 4 is 17.6 Å². The van der Waals surface area contributed by atoms with E-state index in [2.05, 4.69) is 25.8 Å². The molecule has 146 valence electrons. The fourth-order valence-electron chi connectivity index (χ4n) is 2.68. The zero-order chi connectivity index (χ0) is 19.9. The van der Waals surface area contributed by atoms with E-state index in [1.165, 1.54) is 12.1 Å². The smallest absolute Gasteiger partial charge is 0.246 e. The van der Waals surface area contributed by atoms with E-state index in [1.54, 1.807) is 25.2 Å². The van der Waals surface area contributed by atoms with Crippen LogP contribution in [0.25, 0.3) is 11.4 Å². The van der Waals surface area contributed by atoms with Gasteiger partial charge in [-0.25, -0.2) is 4.39 Å². The number of rotatable bonds is 6. The van der Waals surface area contributed by atoms with E-state index in [9.17, 15) is 4.39 Å². The van der Waals surface area contributed by atoms with Crippen LogP contribution < -0.4 is 10.6 Å². The lowest BCUT2D eigenvalue weighted by Gasteiger charge is -2.11. The minimum Gasteiger partial charge on any atom is -0.356 e. The monoisotopic (exact) mass is 401 g/mol. The molecule has 0 saturated heterocycles. The highest BCUT2D eigenvalue weighted by molar-refractivity contribution is 6.30. The van der Waals surface area contributed by atoms with E-state index in [1.807, 2.05) is 19.1 Å². The summed E-state index contributed by atoms with van der Waals surface area (Å²) in [5.41, 5.74) is 2.86. The predicted octanol–water partition coefficient (Wildman–Crippen LogP) is 3.75. The van der Waals surface area contributed by atoms with E-state index in [-0.39, 0.29) is 5.82 Å². The van der Waals surface area contributed by atoms with Gasteiger partial charge in [0.2, 0.25) is 11.7 Å². The molecule has 0 spiro atoms. The number of guanidine groups is 1. The van der Waals surface area contributed by atoms with Gasteiger partial charge in [-0.2, -0.15) is 4.98 Å². The van der Waals surface area contributed by atoms with Crippen LogP contribution in [-0.4, -0.2) is 29.7 Å². The van der Waals surface area contributed by atoms with Gasteiger partial charge in [-0.05, 0) is 60.9 Å². The minimum absolute atomic E-state index is 0.218. The van der Waals surface area contributed by atoms with E-state index in [0.29, 0.717) is 35.8 Å². The van der Waals surface area contributed by atoms with Gasteiger partial charge in [0.15, 0.2) is 5.96 Å². The van der Waals surface area contributed by atoms with Crippen molar-refractivity contribution in [3.8, 4) is 11.4 Å². The van der Waals surface area contributed by atoms with Gasteiger partial charge in [0.1, 0.15) is 5.82 Å². The van der Waals surface area contributed by atoms with E-state index in [0.717, 1.165) is 23.1 Å². The van der Waals surface area contributed by atoms with Crippen LogP contribution in [0, 0.1) is 12.7 Å². The number of halogens is 2. The average molecular weight is 402 g/mol. The van der Waals surface area contributed by atoms with Crippen molar-refractivity contribution < 1.29 is 8.91 Å². The van der Waals surface area contributed by atoms with Gasteiger partial charge in [-0.3, -0.25) is 4.99 Å². The molecule has 0 aliphatic carbocycles. The van der Waals surface area contributed by atoms with E-state index in [4.69, 9.17) is 16.1 Å². The summed E-state index contributed by atoms with van der Waals surface area (Å²) < 4.78 is 18.4. The van der Waals surface area contributed by atoms with Crippen molar-refractivity contribution in [2.24, 2.45) is 4.99 Å². The van der Waals surface area contributed by atoms with Crippen molar-refractivity contribution in [2.75, 3.05) is 13.6 Å². The first kappa shape index (κ1) is 19.8. The van der Waals surface area contributed by atoms with Crippen molar-refractivity contribution in [3.63, 3.8) is 0 Å². The Labute approximate surface area is 167 Å². The number of aliphatic imine (C=N–C) groups is 1. The van der Waals surface area contributed by atoms with Crippen molar-refractivity contribution in [1.82, 2.24) is 20.8 Å². The summed E-state index contributed by atoms with van der Waals surface area (Å²) in [4.78, 5) is 8.54. The summed E-state index contributed by atoms with van der Waals surface area (Å²) >= 11 is 5.89. The highest BCUT2D eigenvalue weighted by atomic mass is 35.5. The quantitative estimate of drug-likeness (QED) is 0.486. The molecule has 0 amide bonds. The van der Waals surface area contributed by atoms with Crippen molar-refractivity contribution in [3.05, 3.63) is 70.3 Å². The van der Waals surface area contributed by atoms with Crippen LogP contribution in [0.4, 0.5) is 4.39 Å². The molecule has 2 N–H and O–H groups in total. The van der Waals surface area contributed by atoms with E-state index < -0.39 is 0 Å². The standard InChI is InChI=1S/C20H21ClFN5O/c1-13-11-17(22)8-5-14(13)9-10-24-20(23-2)25-12-18-26-19(27-28-18)15-3-6-16(21)7-4-15/h3-8,11H,9-10,12H2,1-2H3,(H2,23,24,25). The summed E-state index contributed by atoms with van der Waals surface area (Å²) in [6, 6.07) is 12.0. The summed E-state index contributed by atoms with van der Waals surface area (Å²) in [6.45, 7) is 2.90. The number of hydrogen-bond acceptors (Lipinski definition) is 4. The highest BCUT2D eigenvalue weighted by Gasteiger charge is 2.09. The normalized spacial score (nSPS) is 11.5. The van der Waals surface area contributed by atoms with Gasteiger partial charge in [-0.1, -0.05) is 22.8 Å². The third-order valence-electron chi connectivity index (χ3n) is 4.19. The first-order chi connectivity index (χ1) is 13.5. The summed E-state index contributed by atoms with van der Waals surface area (Å²) in [7, 11) is 1.69. The number of nitrogens with zero attached hydrogens (tertiary/aromatic N) is 3. The second-order valence-electron chi connectivity index (χ2n) is 6.19. The van der Waals surface area contributed by atoms with Gasteiger partial charge in [-0.15, -0.1) is 0 Å². The molecule has 3 aromatic rings. The number of aryl methyl sites for hydroxylation is 1. The molecule has 8 heteroatoms. The third-order valence-corrected chi connectivity index (χ3v) is 4.44. The highest BCUT2D eigenvalue weighted by Crippen LogP contribution is 2.18. The Morgan fingerprint density at radius 1 is 1.18 bits per heavy atom. The van der Waals surface area contributed by atoms with Gasteiger partial charge in [0.05, 0.1) is 6.54 Å². The first-order valence-corrected chi connectivity index (χ1v) is 9.21. The number of benzene rings is 2. The third kappa shape index (κ3) is 5.29. The van der Waals surface area contributed by atoms with Gasteiger partial charge in [0.25, 0.3) is 0 Å². The number of aromatic nitrogens is 2. The number of hydrogen-bond donors (Lipinski definition) is 2. The van der Waals surface area contributed by atoms with Crippen LogP contribution in [0.1, 0.15) is 17.0 Å². The van der Waals surface area contributed by atoms with Crippen LogP contribution in [0.15, 0.2) is 52.0 Å². The predicted molar refractivity (Wildman–Crippen MR) is 108 cm³/mol. The molecule has 0 atom stereocenters. The molecule has 0 unspecified atom stereocenters. The SMILES string of the molecule is CN=C(NCCc1ccc(F)cc1C)NCc1nc(-c2ccc(Cl)cc2)no1. The molecule has 0 aliphatic rings. The Morgan fingerprint density at radius 2 is 1.96 bits per heavy atom. The lowest BCUT2D eigenvalue weighted by atomic mass is 10.1. The summed E-state index contributed by atoms with van der Waals surface area (Å²) in [5.74, 6) is 1.35. The Morgan fingerprint density at radius 3 is 2.68 bits per heavy atom. The molecular weight excluding hydrogens is 381 g/mol. The molecule has 6 nitrogen and oxygen atoms in total. The van der Waals surface area contributed by atoms with Crippen LogP contribution in [0.2, 0.25) is 5.02 Å². The summed E-state index contributed by atoms with van der Waals surface area (Å²) in [5, 5.41) is 11.0. The van der Waals surface area contributed by atoms with Crippen LogP contribution in [0.3, 0.4) is 0 Å². The molecule has 28 heavy (non-hydrogen) atoms. The Bertz CT molecular complexity index is 955. The Kier molecular flexibility index (Phi) is 6.60. The van der Waals surface area contributed by atoms with Crippen LogP contribution in [-0.2, 0) is 13.0 Å². The molecular formula is C20H21ClFN5O. The molecule has 1 heterocycles. The minimum atomic E-state index is -0.218. The molecule has 0 aliphatic heterocycles. The van der Waals surface area contributed by atoms with Gasteiger partial charge in [0, 0.05) is 24.2 Å². The number of nitrogens with one attached hydrogen (secondary N) is 2. The maximum absolute atomic E-state index is 13.2. The fourth-order valence-corrected chi connectivity index (χ4v) is 2.80. The van der Waals surface area contributed by atoms with Gasteiger partial charge < -0.3 is 15.2 Å². The van der Waals surface area contributed by atoms with Crippen molar-refractivity contribution in [2.45, 2.75) is 19.9 Å². The molecule has 3 rings (SSSR count). The van der Waals surface area contributed by atoms with E-state index >= 15 is 0 Å². The Hall–Kier alpha value is -2.93. The maximum atomic E-state index is 13.2. The zero-order valence-corrected chi connectivity index (χ0v) is 16.4. The second kappa shape index (κ2) is 9.32. The molecule has 0 saturated carbocycles. The molecule has 2 aromatic carbocycles. The molecule has 0 bridgehead atoms. The lowest BCUT2D eigenvalue weighted by Crippen LogP contribution is -2.38. The second-order valence-corrected chi connectivity index (χ2v) is 6.63. The average Bonchev–Trinajstić information content (AvgIpc) is 3.15. The first-order valence-electron chi connectivity index (χ1n) is 8.83. The lowest BCUT2D eigenvalue weighted by molar-refractivity contribution is 0.375.